The van der Waals surface area contributed by atoms with Crippen molar-refractivity contribution in [3.63, 3.8) is 0 Å². The van der Waals surface area contributed by atoms with Crippen LogP contribution in [-0.4, -0.2) is 14.2 Å². The minimum atomic E-state index is -3.87. The number of ketones is 1. The fourth-order valence-corrected chi connectivity index (χ4v) is 6.40. The number of aryl methyl sites for hydroxylation is 1. The largest absolute Gasteiger partial charge is 0.294 e. The highest BCUT2D eigenvalue weighted by atomic mass is 35.5. The molecule has 6 heteroatoms. The molecule has 2 aliphatic rings. The summed E-state index contributed by atoms with van der Waals surface area (Å²) in [7, 11) is -3.87. The predicted molar refractivity (Wildman–Crippen MR) is 122 cm³/mol. The molecule has 0 unspecified atom stereocenters. The molecule has 0 amide bonds. The number of sulfonamides is 1. The van der Waals surface area contributed by atoms with E-state index in [1.54, 1.807) is 60.7 Å². The van der Waals surface area contributed by atoms with Crippen LogP contribution in [0.25, 0.3) is 0 Å². The lowest BCUT2D eigenvalue weighted by Gasteiger charge is -2.31. The van der Waals surface area contributed by atoms with Gasteiger partial charge in [0, 0.05) is 29.0 Å². The summed E-state index contributed by atoms with van der Waals surface area (Å²) in [4.78, 5) is 13.5. The highest BCUT2D eigenvalue weighted by molar-refractivity contribution is 7.93. The summed E-state index contributed by atoms with van der Waals surface area (Å²) in [6, 6.07) is 21.1. The number of Topliss-reactive ketones (excluding diaryl/α,β-unsaturated/α-hetero) is 1. The first-order chi connectivity index (χ1) is 14.8. The topological polar surface area (TPSA) is 54.5 Å². The Labute approximate surface area is 186 Å². The van der Waals surface area contributed by atoms with Gasteiger partial charge in [-0.2, -0.15) is 0 Å². The lowest BCUT2D eigenvalue weighted by Crippen LogP contribution is -2.33. The number of hydrogen-bond acceptors (Lipinski definition) is 3. The predicted octanol–water partition coefficient (Wildman–Crippen LogP) is 5.58. The van der Waals surface area contributed by atoms with Gasteiger partial charge in [-0.05, 0) is 42.8 Å². The van der Waals surface area contributed by atoms with Crippen LogP contribution in [0.5, 0.6) is 0 Å². The molecule has 4 nitrogen and oxygen atoms in total. The number of rotatable bonds is 4. The molecule has 31 heavy (non-hydrogen) atoms. The monoisotopic (exact) mass is 449 g/mol. The summed E-state index contributed by atoms with van der Waals surface area (Å²) in [6.45, 7) is 6.04. The Morgan fingerprint density at radius 1 is 0.935 bits per heavy atom. The maximum absolute atomic E-state index is 13.6. The van der Waals surface area contributed by atoms with Crippen molar-refractivity contribution in [3.05, 3.63) is 107 Å². The van der Waals surface area contributed by atoms with E-state index in [9.17, 15) is 13.2 Å². The maximum atomic E-state index is 13.6. The molecule has 0 N–H and O–H groups in total. The number of carbonyl (C=O) groups is 1. The van der Waals surface area contributed by atoms with Crippen molar-refractivity contribution in [3.8, 4) is 0 Å². The van der Waals surface area contributed by atoms with Gasteiger partial charge in [-0.25, -0.2) is 12.7 Å². The Bertz CT molecular complexity index is 1330. The van der Waals surface area contributed by atoms with Crippen LogP contribution in [0, 0.1) is 18.8 Å². The number of hydrogen-bond donors (Lipinski definition) is 0. The van der Waals surface area contributed by atoms with Crippen LogP contribution in [0.4, 0.5) is 5.69 Å². The van der Waals surface area contributed by atoms with E-state index in [4.69, 9.17) is 11.6 Å². The summed E-state index contributed by atoms with van der Waals surface area (Å²) in [5.41, 5.74) is 3.27. The van der Waals surface area contributed by atoms with Crippen molar-refractivity contribution in [1.82, 2.24) is 0 Å². The maximum Gasteiger partial charge on any atom is 0.268 e. The molecule has 1 heterocycles. The van der Waals surface area contributed by atoms with E-state index < -0.39 is 10.0 Å². The molecule has 5 rings (SSSR count). The summed E-state index contributed by atoms with van der Waals surface area (Å²) in [6.07, 6.45) is 0. The summed E-state index contributed by atoms with van der Waals surface area (Å²) in [5.74, 6) is -0.839. The van der Waals surface area contributed by atoms with Gasteiger partial charge in [0.05, 0.1) is 15.6 Å². The lowest BCUT2D eigenvalue weighted by atomic mass is 10.0. The van der Waals surface area contributed by atoms with E-state index in [0.29, 0.717) is 22.0 Å². The molecule has 0 bridgehead atoms. The molecular weight excluding hydrogens is 430 g/mol. The molecule has 0 radical (unpaired) electrons. The molecule has 1 aliphatic carbocycles. The molecule has 3 atom stereocenters. The number of nitrogens with zero attached hydrogens (tertiary/aromatic N) is 1. The van der Waals surface area contributed by atoms with Crippen molar-refractivity contribution in [2.24, 2.45) is 11.8 Å². The standard InChI is InChI=1S/C25H20ClNO3S/c1-15-11-13-17(14-12-15)31(29,30)27-16(2)22-23(19-8-4-6-10-21(19)27)24(22)25(28)18-7-3-5-9-20(18)26/h3-14,22-24H,2H2,1H3/t22-,23+,24+/m0/s1. The van der Waals surface area contributed by atoms with Gasteiger partial charge in [0.25, 0.3) is 10.0 Å². The average Bonchev–Trinajstić information content (AvgIpc) is 3.50. The molecular formula is C25H20ClNO3S. The SMILES string of the molecule is C=C1[C@@H]2[C@@H](C(=O)c3ccccc3Cl)[C@@H]2c2ccccc2N1S(=O)(=O)c1ccc(C)cc1. The molecule has 156 valence electrons. The van der Waals surface area contributed by atoms with Crippen LogP contribution in [0.2, 0.25) is 5.02 Å². The smallest absolute Gasteiger partial charge is 0.268 e. The zero-order chi connectivity index (χ0) is 21.9. The Kier molecular flexibility index (Phi) is 4.57. The minimum absolute atomic E-state index is 0.0777. The van der Waals surface area contributed by atoms with Crippen LogP contribution in [0.3, 0.4) is 0 Å². The van der Waals surface area contributed by atoms with E-state index in [-0.39, 0.29) is 28.4 Å². The molecule has 1 fully saturated rings. The van der Waals surface area contributed by atoms with Crippen molar-refractivity contribution in [1.29, 1.82) is 0 Å². The van der Waals surface area contributed by atoms with E-state index in [1.165, 1.54) is 4.31 Å². The Balaban J connectivity index is 1.59. The third kappa shape index (κ3) is 3.03. The van der Waals surface area contributed by atoms with Gasteiger partial charge in [-0.1, -0.05) is 66.2 Å². The molecule has 0 saturated heterocycles. The minimum Gasteiger partial charge on any atom is -0.294 e. The fourth-order valence-electron chi connectivity index (χ4n) is 4.62. The molecule has 0 spiro atoms. The van der Waals surface area contributed by atoms with Gasteiger partial charge in [0.1, 0.15) is 0 Å². The summed E-state index contributed by atoms with van der Waals surface area (Å²) < 4.78 is 28.5. The van der Waals surface area contributed by atoms with E-state index in [0.717, 1.165) is 11.1 Å². The summed E-state index contributed by atoms with van der Waals surface area (Å²) in [5, 5.41) is 0.402. The van der Waals surface area contributed by atoms with Crippen LogP contribution in [0.15, 0.2) is 90.0 Å². The van der Waals surface area contributed by atoms with Gasteiger partial charge in [0.2, 0.25) is 0 Å². The molecule has 1 aliphatic heterocycles. The number of anilines is 1. The quantitative estimate of drug-likeness (QED) is 0.488. The average molecular weight is 450 g/mol. The second kappa shape index (κ2) is 7.08. The fraction of sp³-hybridized carbons (Fsp3) is 0.160. The Morgan fingerprint density at radius 2 is 1.58 bits per heavy atom. The number of benzene rings is 3. The molecule has 3 aromatic carbocycles. The third-order valence-electron chi connectivity index (χ3n) is 6.18. The van der Waals surface area contributed by atoms with Crippen molar-refractivity contribution < 1.29 is 13.2 Å². The van der Waals surface area contributed by atoms with Crippen LogP contribution < -0.4 is 4.31 Å². The molecule has 0 aromatic heterocycles. The Morgan fingerprint density at radius 3 is 2.29 bits per heavy atom. The van der Waals surface area contributed by atoms with E-state index in [1.807, 2.05) is 19.1 Å². The second-order valence-electron chi connectivity index (χ2n) is 8.05. The van der Waals surface area contributed by atoms with Crippen molar-refractivity contribution in [2.45, 2.75) is 17.7 Å². The molecule has 1 saturated carbocycles. The van der Waals surface area contributed by atoms with Crippen LogP contribution in [-0.2, 0) is 10.0 Å². The summed E-state index contributed by atoms with van der Waals surface area (Å²) >= 11 is 6.27. The highest BCUT2D eigenvalue weighted by Gasteiger charge is 2.62. The van der Waals surface area contributed by atoms with Gasteiger partial charge in [-0.15, -0.1) is 0 Å². The first-order valence-electron chi connectivity index (χ1n) is 10.0. The van der Waals surface area contributed by atoms with Gasteiger partial charge in [-0.3, -0.25) is 4.79 Å². The first-order valence-corrected chi connectivity index (χ1v) is 11.8. The third-order valence-corrected chi connectivity index (χ3v) is 8.29. The van der Waals surface area contributed by atoms with Gasteiger partial charge in [0.15, 0.2) is 5.78 Å². The van der Waals surface area contributed by atoms with Crippen LogP contribution >= 0.6 is 11.6 Å². The number of allylic oxidation sites excluding steroid dienone is 1. The highest BCUT2D eigenvalue weighted by Crippen LogP contribution is 2.65. The van der Waals surface area contributed by atoms with Crippen molar-refractivity contribution in [2.75, 3.05) is 4.31 Å². The van der Waals surface area contributed by atoms with Gasteiger partial charge < -0.3 is 0 Å². The van der Waals surface area contributed by atoms with E-state index in [2.05, 4.69) is 6.58 Å². The number of fused-ring (bicyclic) bond motifs is 3. The number of para-hydroxylation sites is 1. The second-order valence-corrected chi connectivity index (χ2v) is 10.2. The number of halogens is 1. The Hall–Kier alpha value is -2.89. The lowest BCUT2D eigenvalue weighted by molar-refractivity contribution is 0.0961. The number of carbonyl (C=O) groups excluding carboxylic acids is 1. The van der Waals surface area contributed by atoms with E-state index >= 15 is 0 Å². The first kappa shape index (κ1) is 20.0. The van der Waals surface area contributed by atoms with Gasteiger partial charge >= 0.3 is 0 Å². The zero-order valence-corrected chi connectivity index (χ0v) is 18.4. The molecule has 3 aromatic rings. The normalized spacial score (nSPS) is 21.9. The van der Waals surface area contributed by atoms with Crippen LogP contribution in [0.1, 0.15) is 27.4 Å². The zero-order valence-electron chi connectivity index (χ0n) is 16.8. The van der Waals surface area contributed by atoms with Crippen molar-refractivity contribution >= 4 is 33.1 Å².